The smallest absolute Gasteiger partial charge is 0.274 e. The number of hydrogen-bond donors (Lipinski definition) is 1. The summed E-state index contributed by atoms with van der Waals surface area (Å²) in [5.74, 6) is -0.476. The second kappa shape index (κ2) is 5.73. The first-order chi connectivity index (χ1) is 13.4. The zero-order valence-electron chi connectivity index (χ0n) is 15.2. The highest BCUT2D eigenvalue weighted by molar-refractivity contribution is 6.09. The molecule has 1 aromatic rings. The predicted molar refractivity (Wildman–Crippen MR) is 97.9 cm³/mol. The van der Waals surface area contributed by atoms with E-state index in [0.717, 1.165) is 11.3 Å². The van der Waals surface area contributed by atoms with E-state index in [1.165, 1.54) is 6.07 Å². The summed E-state index contributed by atoms with van der Waals surface area (Å²) in [5, 5.41) is 13.6. The lowest BCUT2D eigenvalue weighted by Crippen LogP contribution is -2.40. The zero-order valence-corrected chi connectivity index (χ0v) is 15.2. The zero-order chi connectivity index (χ0) is 19.7. The fraction of sp³-hybridized carbons (Fsp3) is 0.450. The summed E-state index contributed by atoms with van der Waals surface area (Å²) >= 11 is 0. The van der Waals surface area contributed by atoms with Gasteiger partial charge in [0.15, 0.2) is 0 Å². The molecule has 3 amide bonds. The number of aryl methyl sites for hydroxylation is 1. The number of carbonyl (C=O) groups excluding carboxylic acids is 3. The van der Waals surface area contributed by atoms with Crippen LogP contribution in [0.1, 0.15) is 12.0 Å². The second-order valence-corrected chi connectivity index (χ2v) is 8.22. The maximum absolute atomic E-state index is 12.9. The number of benzene rings is 1. The largest absolute Gasteiger partial charge is 0.324 e. The van der Waals surface area contributed by atoms with Crippen molar-refractivity contribution in [2.45, 2.75) is 13.3 Å². The maximum Gasteiger partial charge on any atom is 0.274 e. The average Bonchev–Trinajstić information content (AvgIpc) is 3.44. The minimum Gasteiger partial charge on any atom is -0.324 e. The van der Waals surface area contributed by atoms with Gasteiger partial charge in [-0.3, -0.25) is 29.4 Å². The van der Waals surface area contributed by atoms with Crippen molar-refractivity contribution in [3.05, 3.63) is 46.0 Å². The van der Waals surface area contributed by atoms with E-state index in [1.807, 2.05) is 0 Å². The van der Waals surface area contributed by atoms with Gasteiger partial charge in [0.25, 0.3) is 5.69 Å². The van der Waals surface area contributed by atoms with E-state index in [2.05, 4.69) is 17.5 Å². The van der Waals surface area contributed by atoms with Crippen LogP contribution in [0.3, 0.4) is 0 Å². The Morgan fingerprint density at radius 2 is 1.79 bits per heavy atom. The van der Waals surface area contributed by atoms with Crippen molar-refractivity contribution >= 4 is 29.1 Å². The van der Waals surface area contributed by atoms with Crippen LogP contribution in [-0.4, -0.2) is 34.1 Å². The van der Waals surface area contributed by atoms with Gasteiger partial charge in [-0.1, -0.05) is 18.2 Å². The molecule has 1 N–H and O–H groups in total. The van der Waals surface area contributed by atoms with Gasteiger partial charge in [-0.05, 0) is 43.1 Å². The summed E-state index contributed by atoms with van der Waals surface area (Å²) in [6.45, 7) is 1.25. The van der Waals surface area contributed by atoms with Crippen molar-refractivity contribution in [2.75, 3.05) is 11.9 Å². The summed E-state index contributed by atoms with van der Waals surface area (Å²) in [4.78, 5) is 49.8. The monoisotopic (exact) mass is 381 g/mol. The van der Waals surface area contributed by atoms with Crippen LogP contribution in [0, 0.1) is 52.5 Å². The highest BCUT2D eigenvalue weighted by Gasteiger charge is 2.67. The van der Waals surface area contributed by atoms with Gasteiger partial charge >= 0.3 is 0 Å². The molecule has 1 heterocycles. The Labute approximate surface area is 160 Å². The number of likely N-dealkylation sites (tertiary alicyclic amines) is 1. The number of amides is 3. The number of nitrogens with one attached hydrogen (secondary N) is 1. The Hall–Kier alpha value is -3.03. The lowest BCUT2D eigenvalue weighted by atomic mass is 9.63. The van der Waals surface area contributed by atoms with Crippen LogP contribution in [0.25, 0.3) is 0 Å². The number of nitrogens with zero attached hydrogens (tertiary/aromatic N) is 2. The Morgan fingerprint density at radius 1 is 1.18 bits per heavy atom. The van der Waals surface area contributed by atoms with E-state index in [1.54, 1.807) is 19.1 Å². The topological polar surface area (TPSA) is 110 Å². The third kappa shape index (κ3) is 2.33. The lowest BCUT2D eigenvalue weighted by Gasteiger charge is -2.37. The van der Waals surface area contributed by atoms with E-state index in [-0.39, 0.29) is 53.4 Å². The number of anilines is 1. The summed E-state index contributed by atoms with van der Waals surface area (Å²) in [7, 11) is 0. The van der Waals surface area contributed by atoms with Gasteiger partial charge in [0.05, 0.1) is 16.8 Å². The van der Waals surface area contributed by atoms with Gasteiger partial charge in [-0.2, -0.15) is 0 Å². The Morgan fingerprint density at radius 3 is 2.36 bits per heavy atom. The summed E-state index contributed by atoms with van der Waals surface area (Å²) in [6, 6.07) is 4.38. The summed E-state index contributed by atoms with van der Waals surface area (Å²) < 4.78 is 0. The molecule has 2 saturated carbocycles. The minimum atomic E-state index is -0.538. The molecule has 0 unspecified atom stereocenters. The molecule has 1 aliphatic heterocycles. The number of hydrogen-bond acceptors (Lipinski definition) is 5. The van der Waals surface area contributed by atoms with Crippen LogP contribution in [-0.2, 0) is 14.4 Å². The molecule has 144 valence electrons. The molecular weight excluding hydrogens is 362 g/mol. The van der Waals surface area contributed by atoms with Crippen molar-refractivity contribution in [3.63, 3.8) is 0 Å². The minimum absolute atomic E-state index is 0.0981. The third-order valence-corrected chi connectivity index (χ3v) is 6.75. The van der Waals surface area contributed by atoms with Crippen molar-refractivity contribution in [1.82, 2.24) is 4.90 Å². The molecule has 2 bridgehead atoms. The first-order valence-corrected chi connectivity index (χ1v) is 9.45. The maximum atomic E-state index is 12.9. The van der Waals surface area contributed by atoms with Gasteiger partial charge in [0, 0.05) is 17.3 Å². The normalized spacial score (nSPS) is 34.2. The van der Waals surface area contributed by atoms with Crippen LogP contribution in [0.4, 0.5) is 11.4 Å². The molecule has 0 aromatic heterocycles. The number of rotatable bonds is 4. The quantitative estimate of drug-likeness (QED) is 0.371. The van der Waals surface area contributed by atoms with Gasteiger partial charge in [0.2, 0.25) is 17.7 Å². The Balaban J connectivity index is 1.31. The van der Waals surface area contributed by atoms with Crippen molar-refractivity contribution in [2.24, 2.45) is 35.5 Å². The number of nitro benzene ring substituents is 1. The molecule has 1 aromatic carbocycles. The fourth-order valence-corrected chi connectivity index (χ4v) is 5.40. The summed E-state index contributed by atoms with van der Waals surface area (Å²) in [5.41, 5.74) is 0.652. The number of imide groups is 1. The van der Waals surface area contributed by atoms with E-state index in [4.69, 9.17) is 0 Å². The van der Waals surface area contributed by atoms with Crippen LogP contribution < -0.4 is 5.32 Å². The molecule has 0 spiro atoms. The predicted octanol–water partition coefficient (Wildman–Crippen LogP) is 1.89. The molecule has 5 aliphatic rings. The SMILES string of the molecule is Cc1ccc(NC(=O)CN2C(=O)[C@@H]3[C@H]4C=C[C@@H]([C@@H]5C[C@H]45)[C@H]3C2=O)cc1[N+](=O)[O-]. The molecule has 4 aliphatic carbocycles. The van der Waals surface area contributed by atoms with Crippen LogP contribution >= 0.6 is 0 Å². The Kier molecular flexibility index (Phi) is 3.50. The molecular formula is C20H19N3O5. The van der Waals surface area contributed by atoms with E-state index >= 15 is 0 Å². The Bertz CT molecular complexity index is 935. The molecule has 0 radical (unpaired) electrons. The number of carbonyl (C=O) groups is 3. The average molecular weight is 381 g/mol. The van der Waals surface area contributed by atoms with Crippen molar-refractivity contribution in [1.29, 1.82) is 0 Å². The van der Waals surface area contributed by atoms with Crippen LogP contribution in [0.15, 0.2) is 30.4 Å². The lowest BCUT2D eigenvalue weighted by molar-refractivity contribution is -0.385. The highest BCUT2D eigenvalue weighted by Crippen LogP contribution is 2.65. The molecule has 3 fully saturated rings. The third-order valence-electron chi connectivity index (χ3n) is 6.75. The number of nitro groups is 1. The first kappa shape index (κ1) is 17.1. The van der Waals surface area contributed by atoms with Crippen LogP contribution in [0.5, 0.6) is 0 Å². The highest BCUT2D eigenvalue weighted by atomic mass is 16.6. The molecule has 8 heteroatoms. The van der Waals surface area contributed by atoms with E-state index in [9.17, 15) is 24.5 Å². The molecule has 6 rings (SSSR count). The standard InChI is InChI=1S/C20H19N3O5/c1-9-2-3-10(6-15(9)23(27)28)21-16(24)8-22-19(25)17-11-4-5-12(14-7-13(11)14)18(17)20(22)26/h2-6,11-14,17-18H,7-8H2,1H3,(H,21,24)/t11-,12-,13-,14+,17+,18+/m0/s1. The van der Waals surface area contributed by atoms with Crippen molar-refractivity contribution < 1.29 is 19.3 Å². The van der Waals surface area contributed by atoms with Gasteiger partial charge in [-0.15, -0.1) is 0 Å². The van der Waals surface area contributed by atoms with E-state index in [0.29, 0.717) is 17.4 Å². The van der Waals surface area contributed by atoms with Gasteiger partial charge in [0.1, 0.15) is 6.54 Å². The molecule has 6 atom stereocenters. The summed E-state index contributed by atoms with van der Waals surface area (Å²) in [6.07, 6.45) is 5.25. The number of allylic oxidation sites excluding steroid dienone is 2. The molecule has 1 saturated heterocycles. The van der Waals surface area contributed by atoms with E-state index < -0.39 is 10.8 Å². The van der Waals surface area contributed by atoms with Crippen LogP contribution in [0.2, 0.25) is 0 Å². The van der Waals surface area contributed by atoms with Gasteiger partial charge in [-0.25, -0.2) is 0 Å². The fourth-order valence-electron chi connectivity index (χ4n) is 5.40. The molecule has 28 heavy (non-hydrogen) atoms. The first-order valence-electron chi connectivity index (χ1n) is 9.45. The van der Waals surface area contributed by atoms with Crippen molar-refractivity contribution in [3.8, 4) is 0 Å². The van der Waals surface area contributed by atoms with Gasteiger partial charge < -0.3 is 5.32 Å². The molecule has 8 nitrogen and oxygen atoms in total. The second-order valence-electron chi connectivity index (χ2n) is 8.22.